The summed E-state index contributed by atoms with van der Waals surface area (Å²) in [5, 5.41) is 12.2. The van der Waals surface area contributed by atoms with Crippen molar-refractivity contribution in [2.75, 3.05) is 20.2 Å². The highest BCUT2D eigenvalue weighted by molar-refractivity contribution is 5.64. The molecule has 1 aromatic carbocycles. The average Bonchev–Trinajstić information content (AvgIpc) is 3.37. The lowest BCUT2D eigenvalue weighted by atomic mass is 9.48. The zero-order valence-corrected chi connectivity index (χ0v) is 15.5. The lowest BCUT2D eigenvalue weighted by molar-refractivity contribution is -0.174. The molecule has 26 heavy (non-hydrogen) atoms. The minimum absolute atomic E-state index is 0.114. The van der Waals surface area contributed by atoms with Crippen molar-refractivity contribution in [3.05, 3.63) is 35.4 Å². The molecule has 1 N–H and O–H groups in total. The summed E-state index contributed by atoms with van der Waals surface area (Å²) in [5.41, 5.74) is 2.64. The lowest BCUT2D eigenvalue weighted by Gasteiger charge is -2.63. The Hall–Kier alpha value is -1.52. The summed E-state index contributed by atoms with van der Waals surface area (Å²) in [6, 6.07) is 4.44. The van der Waals surface area contributed by atoms with E-state index in [0.29, 0.717) is 0 Å². The molecule has 2 heterocycles. The molecule has 1 aromatic rings. The molecular weight excluding hydrogens is 326 g/mol. The molecule has 6 rings (SSSR count). The minimum atomic E-state index is -0.726. The first kappa shape index (κ1) is 15.5. The number of hydrogen-bond donors (Lipinski definition) is 1. The van der Waals surface area contributed by atoms with E-state index in [9.17, 15) is 5.11 Å². The predicted molar refractivity (Wildman–Crippen MR) is 98.8 cm³/mol. The third kappa shape index (κ3) is 1.64. The van der Waals surface area contributed by atoms with Gasteiger partial charge in [-0.2, -0.15) is 0 Å². The summed E-state index contributed by atoms with van der Waals surface area (Å²) in [7, 11) is 1.70. The van der Waals surface area contributed by atoms with Gasteiger partial charge in [0, 0.05) is 18.2 Å². The van der Waals surface area contributed by atoms with Gasteiger partial charge in [0.05, 0.1) is 18.1 Å². The van der Waals surface area contributed by atoms with E-state index in [2.05, 4.69) is 17.5 Å². The van der Waals surface area contributed by atoms with Gasteiger partial charge in [-0.25, -0.2) is 0 Å². The topological polar surface area (TPSA) is 41.9 Å². The first-order chi connectivity index (χ1) is 12.6. The molecular formula is C22H27NO3. The maximum atomic E-state index is 12.2. The molecule has 1 saturated heterocycles. The molecule has 0 radical (unpaired) electrons. The molecule has 4 atom stereocenters. The van der Waals surface area contributed by atoms with E-state index >= 15 is 0 Å². The Morgan fingerprint density at radius 1 is 1.35 bits per heavy atom. The Morgan fingerprint density at radius 2 is 2.19 bits per heavy atom. The van der Waals surface area contributed by atoms with Crippen LogP contribution in [0.3, 0.4) is 0 Å². The quantitative estimate of drug-likeness (QED) is 0.849. The Bertz CT molecular complexity index is 816. The van der Waals surface area contributed by atoms with Crippen molar-refractivity contribution >= 4 is 0 Å². The van der Waals surface area contributed by atoms with Crippen LogP contribution in [-0.4, -0.2) is 48.0 Å². The number of methoxy groups -OCH3 is 1. The van der Waals surface area contributed by atoms with Gasteiger partial charge in [0.25, 0.3) is 0 Å². The molecule has 4 nitrogen and oxygen atoms in total. The van der Waals surface area contributed by atoms with Crippen molar-refractivity contribution in [1.82, 2.24) is 4.90 Å². The predicted octanol–water partition coefficient (Wildman–Crippen LogP) is 2.82. The molecule has 1 spiro atoms. The van der Waals surface area contributed by atoms with Crippen molar-refractivity contribution in [2.45, 2.75) is 61.7 Å². The first-order valence-corrected chi connectivity index (χ1v) is 10.1. The molecule has 0 aromatic heterocycles. The van der Waals surface area contributed by atoms with E-state index in [-0.39, 0.29) is 17.6 Å². The van der Waals surface area contributed by atoms with Crippen molar-refractivity contribution in [1.29, 1.82) is 0 Å². The summed E-state index contributed by atoms with van der Waals surface area (Å²) < 4.78 is 12.1. The zero-order valence-electron chi connectivity index (χ0n) is 15.5. The number of ether oxygens (including phenoxy) is 2. The number of piperidine rings is 1. The maximum absolute atomic E-state index is 12.2. The van der Waals surface area contributed by atoms with Crippen LogP contribution >= 0.6 is 0 Å². The van der Waals surface area contributed by atoms with Crippen LogP contribution < -0.4 is 9.47 Å². The van der Waals surface area contributed by atoms with Gasteiger partial charge in [-0.05, 0) is 68.2 Å². The zero-order chi connectivity index (χ0) is 17.7. The van der Waals surface area contributed by atoms with Gasteiger partial charge in [-0.1, -0.05) is 12.6 Å². The van der Waals surface area contributed by atoms with Crippen LogP contribution in [0, 0.1) is 5.92 Å². The van der Waals surface area contributed by atoms with Crippen molar-refractivity contribution < 1.29 is 14.6 Å². The molecule has 3 fully saturated rings. The number of nitrogens with zero attached hydrogens (tertiary/aromatic N) is 1. The van der Waals surface area contributed by atoms with Gasteiger partial charge in [-0.15, -0.1) is 0 Å². The molecule has 0 unspecified atom stereocenters. The summed E-state index contributed by atoms with van der Waals surface area (Å²) in [6.07, 6.45) is 6.11. The second-order valence-corrected chi connectivity index (χ2v) is 9.09. The third-order valence-electron chi connectivity index (χ3n) is 7.92. The highest BCUT2D eigenvalue weighted by Gasteiger charge is 2.71. The van der Waals surface area contributed by atoms with Gasteiger partial charge < -0.3 is 14.6 Å². The second-order valence-electron chi connectivity index (χ2n) is 9.09. The SMILES string of the molecule is C=C1CC[C@@]2(O)[C@H]3Cc4ccc(OC)c5c4[C@@]2(CCN3CC2CC2)[C@H]1O5. The molecule has 2 aliphatic heterocycles. The van der Waals surface area contributed by atoms with Crippen LogP contribution in [0.15, 0.2) is 24.3 Å². The minimum Gasteiger partial charge on any atom is -0.493 e. The van der Waals surface area contributed by atoms with E-state index in [1.165, 1.54) is 24.0 Å². The fraction of sp³-hybridized carbons (Fsp3) is 0.636. The maximum Gasteiger partial charge on any atom is 0.166 e. The number of rotatable bonds is 3. The molecule has 2 saturated carbocycles. The number of likely N-dealkylation sites (tertiary alicyclic amines) is 1. The van der Waals surface area contributed by atoms with Crippen LogP contribution in [0.4, 0.5) is 0 Å². The van der Waals surface area contributed by atoms with Gasteiger partial charge >= 0.3 is 0 Å². The highest BCUT2D eigenvalue weighted by atomic mass is 16.5. The highest BCUT2D eigenvalue weighted by Crippen LogP contribution is 2.66. The summed E-state index contributed by atoms with van der Waals surface area (Å²) in [4.78, 5) is 2.60. The third-order valence-corrected chi connectivity index (χ3v) is 7.92. The first-order valence-electron chi connectivity index (χ1n) is 10.1. The molecule has 2 bridgehead atoms. The van der Waals surface area contributed by atoms with Crippen molar-refractivity contribution in [3.8, 4) is 11.5 Å². The molecule has 5 aliphatic rings. The van der Waals surface area contributed by atoms with Gasteiger partial charge in [-0.3, -0.25) is 4.90 Å². The van der Waals surface area contributed by atoms with Gasteiger partial charge in [0.1, 0.15) is 6.10 Å². The smallest absolute Gasteiger partial charge is 0.166 e. The lowest BCUT2D eigenvalue weighted by Crippen LogP contribution is -2.75. The van der Waals surface area contributed by atoms with E-state index in [1.54, 1.807) is 7.11 Å². The van der Waals surface area contributed by atoms with Crippen LogP contribution in [-0.2, 0) is 11.8 Å². The fourth-order valence-electron chi connectivity index (χ4n) is 6.54. The van der Waals surface area contributed by atoms with Gasteiger partial charge in [0.2, 0.25) is 0 Å². The van der Waals surface area contributed by atoms with Crippen LogP contribution in [0.2, 0.25) is 0 Å². The number of hydrogen-bond acceptors (Lipinski definition) is 4. The number of aliphatic hydroxyl groups is 1. The normalized spacial score (nSPS) is 40.2. The van der Waals surface area contributed by atoms with Crippen LogP contribution in [0.5, 0.6) is 11.5 Å². The largest absolute Gasteiger partial charge is 0.493 e. The van der Waals surface area contributed by atoms with E-state index < -0.39 is 5.60 Å². The van der Waals surface area contributed by atoms with Crippen molar-refractivity contribution in [3.63, 3.8) is 0 Å². The van der Waals surface area contributed by atoms with E-state index in [4.69, 9.17) is 9.47 Å². The molecule has 3 aliphatic carbocycles. The van der Waals surface area contributed by atoms with E-state index in [1.807, 2.05) is 6.07 Å². The summed E-state index contributed by atoms with van der Waals surface area (Å²) >= 11 is 0. The molecule has 138 valence electrons. The second kappa shape index (κ2) is 4.85. The Balaban J connectivity index is 1.57. The van der Waals surface area contributed by atoms with Crippen LogP contribution in [0.1, 0.15) is 43.2 Å². The van der Waals surface area contributed by atoms with Crippen LogP contribution in [0.25, 0.3) is 0 Å². The average molecular weight is 353 g/mol. The summed E-state index contributed by atoms with van der Waals surface area (Å²) in [6.45, 7) is 6.54. The van der Waals surface area contributed by atoms with Gasteiger partial charge in [0.15, 0.2) is 11.5 Å². The van der Waals surface area contributed by atoms with Crippen molar-refractivity contribution in [2.24, 2.45) is 5.92 Å². The van der Waals surface area contributed by atoms with E-state index in [0.717, 1.165) is 61.8 Å². The Labute approximate surface area is 154 Å². The molecule has 4 heteroatoms. The fourth-order valence-corrected chi connectivity index (χ4v) is 6.54. The summed E-state index contributed by atoms with van der Waals surface area (Å²) in [5.74, 6) is 2.50. The number of benzene rings is 1. The molecule has 0 amide bonds. The Morgan fingerprint density at radius 3 is 2.96 bits per heavy atom. The standard InChI is InChI=1S/C22H27NO3/c1-13-7-8-22(24)17-11-15-5-6-16(25-2)19-18(15)21(22,20(13)26-19)9-10-23(17)12-14-3-4-14/h5-6,14,17,20,24H,1,3-4,7-12H2,2H3/t17-,20+,21+,22-/m1/s1. The Kier molecular flexibility index (Phi) is 2.89. The monoisotopic (exact) mass is 353 g/mol.